The number of hydrogen-bond donors (Lipinski definition) is 2. The van der Waals surface area contributed by atoms with E-state index in [4.69, 9.17) is 0 Å². The normalized spacial score (nSPS) is 10.4. The first kappa shape index (κ1) is 12.9. The molecule has 0 amide bonds. The molecule has 1 aromatic carbocycles. The van der Waals surface area contributed by atoms with Gasteiger partial charge in [-0.15, -0.1) is 0 Å². The third-order valence-electron chi connectivity index (χ3n) is 2.90. The molecule has 0 atom stereocenters. The van der Waals surface area contributed by atoms with E-state index in [0.29, 0.717) is 12.1 Å². The van der Waals surface area contributed by atoms with Gasteiger partial charge in [-0.05, 0) is 17.7 Å². The summed E-state index contributed by atoms with van der Waals surface area (Å²) < 4.78 is 5.99. The molecule has 0 aliphatic heterocycles. The number of imidazole rings is 1. The van der Waals surface area contributed by atoms with Crippen LogP contribution in [0.15, 0.2) is 29.1 Å². The van der Waals surface area contributed by atoms with Gasteiger partial charge in [0.25, 0.3) is 0 Å². The minimum Gasteiger partial charge on any atom is -0.508 e. The maximum absolute atomic E-state index is 11.6. The van der Waals surface area contributed by atoms with Gasteiger partial charge in [-0.1, -0.05) is 12.1 Å². The number of rotatable bonds is 3. The fraction of sp³-hybridized carbons (Fsp3) is 0.231. The van der Waals surface area contributed by atoms with Crippen LogP contribution in [0, 0.1) is 0 Å². The van der Waals surface area contributed by atoms with E-state index >= 15 is 0 Å². The van der Waals surface area contributed by atoms with Gasteiger partial charge in [-0.25, -0.2) is 9.59 Å². The van der Waals surface area contributed by atoms with E-state index in [-0.39, 0.29) is 17.1 Å². The minimum absolute atomic E-state index is 0.137. The number of carbonyl (C=O) groups excluding carboxylic acids is 1. The summed E-state index contributed by atoms with van der Waals surface area (Å²) in [5, 5.41) is 9.42. The van der Waals surface area contributed by atoms with E-state index in [1.807, 2.05) is 0 Å². The fourth-order valence-corrected chi connectivity index (χ4v) is 1.89. The highest BCUT2D eigenvalue weighted by Crippen LogP contribution is 2.16. The van der Waals surface area contributed by atoms with Crippen LogP contribution in [0.4, 0.5) is 0 Å². The summed E-state index contributed by atoms with van der Waals surface area (Å²) in [7, 11) is 2.83. The Labute approximate surface area is 109 Å². The van der Waals surface area contributed by atoms with Crippen LogP contribution in [0.2, 0.25) is 0 Å². The minimum atomic E-state index is -0.590. The molecule has 1 aromatic heterocycles. The topological polar surface area (TPSA) is 84.3 Å². The van der Waals surface area contributed by atoms with Gasteiger partial charge in [0.15, 0.2) is 0 Å². The van der Waals surface area contributed by atoms with Crippen LogP contribution in [0.3, 0.4) is 0 Å². The lowest BCUT2D eigenvalue weighted by atomic mass is 10.1. The largest absolute Gasteiger partial charge is 0.508 e. The van der Waals surface area contributed by atoms with Crippen LogP contribution < -0.4 is 5.69 Å². The first-order valence-corrected chi connectivity index (χ1v) is 5.67. The number of phenolic OH excluding ortho intramolecular Hbond substituents is 1. The fourth-order valence-electron chi connectivity index (χ4n) is 1.89. The van der Waals surface area contributed by atoms with Crippen molar-refractivity contribution >= 4 is 5.97 Å². The highest BCUT2D eigenvalue weighted by Gasteiger charge is 2.18. The Balaban J connectivity index is 2.44. The number of aromatic amines is 1. The molecule has 6 nitrogen and oxygen atoms in total. The molecule has 2 N–H and O–H groups in total. The number of methoxy groups -OCH3 is 1. The van der Waals surface area contributed by atoms with E-state index in [0.717, 1.165) is 5.56 Å². The summed E-state index contributed by atoms with van der Waals surface area (Å²) in [5.74, 6) is -0.453. The Hall–Kier alpha value is -2.50. The highest BCUT2D eigenvalue weighted by atomic mass is 16.5. The van der Waals surface area contributed by atoms with Crippen molar-refractivity contribution in [2.75, 3.05) is 7.11 Å². The third kappa shape index (κ3) is 2.52. The molecule has 100 valence electrons. The molecule has 6 heteroatoms. The van der Waals surface area contributed by atoms with Crippen molar-refractivity contribution < 1.29 is 14.6 Å². The van der Waals surface area contributed by atoms with Gasteiger partial charge in [0.05, 0.1) is 12.8 Å². The van der Waals surface area contributed by atoms with Crippen LogP contribution in [0.5, 0.6) is 5.75 Å². The van der Waals surface area contributed by atoms with Crippen molar-refractivity contribution in [2.45, 2.75) is 6.42 Å². The van der Waals surface area contributed by atoms with E-state index in [1.54, 1.807) is 31.3 Å². The molecule has 0 aliphatic carbocycles. The lowest BCUT2D eigenvalue weighted by Crippen LogP contribution is -2.14. The summed E-state index contributed by atoms with van der Waals surface area (Å²) >= 11 is 0. The molecule has 0 saturated carbocycles. The smallest absolute Gasteiger partial charge is 0.356 e. The molecule has 0 radical (unpaired) electrons. The van der Waals surface area contributed by atoms with Crippen LogP contribution in [-0.4, -0.2) is 27.7 Å². The Morgan fingerprint density at radius 3 is 2.84 bits per heavy atom. The van der Waals surface area contributed by atoms with Crippen molar-refractivity contribution in [1.29, 1.82) is 0 Å². The molecule has 0 saturated heterocycles. The Bertz CT molecular complexity index is 670. The zero-order valence-corrected chi connectivity index (χ0v) is 10.6. The van der Waals surface area contributed by atoms with Crippen LogP contribution in [0.25, 0.3) is 0 Å². The molecule has 2 rings (SSSR count). The van der Waals surface area contributed by atoms with Crippen molar-refractivity contribution in [3.63, 3.8) is 0 Å². The average molecular weight is 262 g/mol. The molecule has 0 spiro atoms. The second-order valence-electron chi connectivity index (χ2n) is 4.15. The summed E-state index contributed by atoms with van der Waals surface area (Å²) in [4.78, 5) is 25.7. The Morgan fingerprint density at radius 1 is 1.47 bits per heavy atom. The van der Waals surface area contributed by atoms with E-state index in [2.05, 4.69) is 9.72 Å². The Kier molecular flexibility index (Phi) is 3.41. The number of nitrogens with zero attached hydrogens (tertiary/aromatic N) is 1. The number of nitrogens with one attached hydrogen (secondary N) is 1. The van der Waals surface area contributed by atoms with Gasteiger partial charge in [0.2, 0.25) is 0 Å². The van der Waals surface area contributed by atoms with E-state index in [9.17, 15) is 14.7 Å². The molecule has 0 fully saturated rings. The average Bonchev–Trinajstić information content (AvgIpc) is 2.66. The van der Waals surface area contributed by atoms with Crippen molar-refractivity contribution in [3.8, 4) is 5.75 Å². The molecule has 0 bridgehead atoms. The lowest BCUT2D eigenvalue weighted by Gasteiger charge is -2.05. The predicted molar refractivity (Wildman–Crippen MR) is 68.3 cm³/mol. The van der Waals surface area contributed by atoms with Crippen molar-refractivity contribution in [2.24, 2.45) is 7.05 Å². The van der Waals surface area contributed by atoms with Crippen LogP contribution >= 0.6 is 0 Å². The molecular formula is C13H14N2O4. The number of H-pyrrole nitrogens is 1. The third-order valence-corrected chi connectivity index (χ3v) is 2.90. The van der Waals surface area contributed by atoms with Crippen LogP contribution in [-0.2, 0) is 18.2 Å². The van der Waals surface area contributed by atoms with Crippen molar-refractivity contribution in [3.05, 3.63) is 51.7 Å². The quantitative estimate of drug-likeness (QED) is 0.801. The van der Waals surface area contributed by atoms with Gasteiger partial charge in [-0.3, -0.25) is 9.55 Å². The Morgan fingerprint density at radius 2 is 2.21 bits per heavy atom. The second-order valence-corrected chi connectivity index (χ2v) is 4.15. The summed E-state index contributed by atoms with van der Waals surface area (Å²) in [6.07, 6.45) is 0.341. The summed E-state index contributed by atoms with van der Waals surface area (Å²) in [6, 6.07) is 6.64. The van der Waals surface area contributed by atoms with Gasteiger partial charge in [0.1, 0.15) is 11.4 Å². The number of carbonyl (C=O) groups is 1. The number of esters is 1. The monoisotopic (exact) mass is 262 g/mol. The lowest BCUT2D eigenvalue weighted by molar-refractivity contribution is 0.0593. The van der Waals surface area contributed by atoms with Crippen LogP contribution in [0.1, 0.15) is 21.7 Å². The second kappa shape index (κ2) is 5.01. The molecular weight excluding hydrogens is 248 g/mol. The molecule has 0 unspecified atom stereocenters. The molecule has 0 aliphatic rings. The number of aromatic hydroxyl groups is 1. The summed E-state index contributed by atoms with van der Waals surface area (Å²) in [5.41, 5.74) is 1.07. The first-order chi connectivity index (χ1) is 9.02. The number of ether oxygens (including phenoxy) is 1. The van der Waals surface area contributed by atoms with Gasteiger partial charge >= 0.3 is 11.7 Å². The van der Waals surface area contributed by atoms with Gasteiger partial charge in [0, 0.05) is 13.5 Å². The first-order valence-electron chi connectivity index (χ1n) is 5.67. The maximum Gasteiger partial charge on any atom is 0.356 e. The zero-order valence-electron chi connectivity index (χ0n) is 10.6. The van der Waals surface area contributed by atoms with Crippen molar-refractivity contribution in [1.82, 2.24) is 9.55 Å². The summed E-state index contributed by atoms with van der Waals surface area (Å²) in [6.45, 7) is 0. The molecule has 1 heterocycles. The van der Waals surface area contributed by atoms with Gasteiger partial charge < -0.3 is 9.84 Å². The zero-order chi connectivity index (χ0) is 14.0. The molecule has 2 aromatic rings. The molecule has 19 heavy (non-hydrogen) atoms. The number of benzene rings is 1. The van der Waals surface area contributed by atoms with E-state index < -0.39 is 5.97 Å². The number of aromatic nitrogens is 2. The highest BCUT2D eigenvalue weighted by molar-refractivity contribution is 5.88. The van der Waals surface area contributed by atoms with E-state index in [1.165, 1.54) is 11.7 Å². The predicted octanol–water partition coefficient (Wildman–Crippen LogP) is 0.796. The number of phenols is 1. The number of hydrogen-bond acceptors (Lipinski definition) is 4. The standard InChI is InChI=1S/C13H14N2O4/c1-15-10(7-8-4-3-5-9(16)6-8)11(12(17)19-2)14-13(15)18/h3-6,16H,7H2,1-2H3,(H,14,18). The van der Waals surface area contributed by atoms with Gasteiger partial charge in [-0.2, -0.15) is 0 Å². The SMILES string of the molecule is COC(=O)c1[nH]c(=O)n(C)c1Cc1cccc(O)c1. The maximum atomic E-state index is 11.6.